The van der Waals surface area contributed by atoms with Crippen molar-refractivity contribution in [3.8, 4) is 0 Å². The van der Waals surface area contributed by atoms with Crippen molar-refractivity contribution in [2.24, 2.45) is 0 Å². The lowest BCUT2D eigenvalue weighted by atomic mass is 10.1. The zero-order valence-electron chi connectivity index (χ0n) is 19.4. The van der Waals surface area contributed by atoms with Gasteiger partial charge in [0.15, 0.2) is 0 Å². The summed E-state index contributed by atoms with van der Waals surface area (Å²) in [7, 11) is 0. The molecule has 9 heteroatoms. The third-order valence-electron chi connectivity index (χ3n) is 5.54. The van der Waals surface area contributed by atoms with E-state index in [1.54, 1.807) is 49.4 Å². The van der Waals surface area contributed by atoms with E-state index in [0.29, 0.717) is 16.9 Å². The quantitative estimate of drug-likeness (QED) is 0.367. The first-order valence-electron chi connectivity index (χ1n) is 11.2. The highest BCUT2D eigenvalue weighted by Crippen LogP contribution is 2.30. The summed E-state index contributed by atoms with van der Waals surface area (Å²) in [5.41, 5.74) is 2.24. The number of benzene rings is 2. The standard InChI is InChI=1S/C26H25N3O5S/c1-3-34-25(32)18-9-11-19(12-10-18)27-23(30)15-22-24(31)29(20-7-4-6-17(2)14-20)26(33)28(22)16-21-8-5-13-35-21/h4-14,22H,3,15-16H2,1-2H3,(H,27,30)/t22-/m0/s1. The molecule has 1 atom stereocenters. The van der Waals surface area contributed by atoms with Crippen LogP contribution in [-0.4, -0.2) is 41.4 Å². The molecule has 2 aromatic carbocycles. The predicted molar refractivity (Wildman–Crippen MR) is 133 cm³/mol. The fourth-order valence-electron chi connectivity index (χ4n) is 3.88. The molecule has 4 amide bonds. The van der Waals surface area contributed by atoms with E-state index in [-0.39, 0.29) is 19.6 Å². The molecule has 2 heterocycles. The lowest BCUT2D eigenvalue weighted by Crippen LogP contribution is -2.37. The normalized spacial score (nSPS) is 15.4. The molecule has 180 valence electrons. The van der Waals surface area contributed by atoms with Gasteiger partial charge in [-0.15, -0.1) is 11.3 Å². The van der Waals surface area contributed by atoms with E-state index in [9.17, 15) is 19.2 Å². The van der Waals surface area contributed by atoms with Gasteiger partial charge >= 0.3 is 12.0 Å². The summed E-state index contributed by atoms with van der Waals surface area (Å²) in [6.45, 7) is 4.11. The van der Waals surface area contributed by atoms with Gasteiger partial charge in [-0.3, -0.25) is 9.59 Å². The molecule has 1 aromatic heterocycles. The highest BCUT2D eigenvalue weighted by atomic mass is 32.1. The van der Waals surface area contributed by atoms with E-state index in [2.05, 4.69) is 5.32 Å². The van der Waals surface area contributed by atoms with Crippen molar-refractivity contribution in [3.05, 3.63) is 82.0 Å². The maximum absolute atomic E-state index is 13.4. The number of thiophene rings is 1. The molecule has 35 heavy (non-hydrogen) atoms. The molecule has 0 saturated carbocycles. The Morgan fingerprint density at radius 2 is 1.83 bits per heavy atom. The van der Waals surface area contributed by atoms with Crippen molar-refractivity contribution in [3.63, 3.8) is 0 Å². The van der Waals surface area contributed by atoms with E-state index < -0.39 is 29.9 Å². The predicted octanol–water partition coefficient (Wildman–Crippen LogP) is 4.60. The molecule has 3 aromatic rings. The Labute approximate surface area is 207 Å². The van der Waals surface area contributed by atoms with Crippen molar-refractivity contribution in [1.82, 2.24) is 4.90 Å². The fraction of sp³-hybridized carbons (Fsp3) is 0.231. The van der Waals surface area contributed by atoms with Crippen LogP contribution in [0.1, 0.15) is 34.1 Å². The molecule has 8 nitrogen and oxygen atoms in total. The molecule has 4 rings (SSSR count). The molecule has 1 saturated heterocycles. The van der Waals surface area contributed by atoms with Gasteiger partial charge < -0.3 is 15.0 Å². The zero-order chi connectivity index (χ0) is 24.9. The average Bonchev–Trinajstić information content (AvgIpc) is 3.42. The minimum atomic E-state index is -0.941. The lowest BCUT2D eigenvalue weighted by Gasteiger charge is -2.21. The van der Waals surface area contributed by atoms with E-state index in [1.807, 2.05) is 30.5 Å². The summed E-state index contributed by atoms with van der Waals surface area (Å²) >= 11 is 1.48. The second kappa shape index (κ2) is 10.5. The highest BCUT2D eigenvalue weighted by molar-refractivity contribution is 7.09. The van der Waals surface area contributed by atoms with Crippen molar-refractivity contribution in [2.75, 3.05) is 16.8 Å². The van der Waals surface area contributed by atoms with Crippen LogP contribution < -0.4 is 10.2 Å². The summed E-state index contributed by atoms with van der Waals surface area (Å²) in [6.07, 6.45) is -0.197. The van der Waals surface area contributed by atoms with Crippen LogP contribution in [0.3, 0.4) is 0 Å². The highest BCUT2D eigenvalue weighted by Gasteiger charge is 2.46. The maximum Gasteiger partial charge on any atom is 0.338 e. The van der Waals surface area contributed by atoms with Gasteiger partial charge in [-0.05, 0) is 67.3 Å². The second-order valence-corrected chi connectivity index (χ2v) is 9.10. The molecule has 0 radical (unpaired) electrons. The first-order chi connectivity index (χ1) is 16.9. The van der Waals surface area contributed by atoms with Gasteiger partial charge in [0.05, 0.1) is 30.8 Å². The minimum absolute atomic E-state index is 0.197. The number of urea groups is 1. The number of carbonyl (C=O) groups is 4. The Bertz CT molecular complexity index is 1240. The number of carbonyl (C=O) groups excluding carboxylic acids is 4. The Kier molecular flexibility index (Phi) is 7.26. The van der Waals surface area contributed by atoms with Crippen LogP contribution in [0.15, 0.2) is 66.0 Å². The molecule has 1 N–H and O–H groups in total. The number of hydrogen-bond acceptors (Lipinski definition) is 6. The number of rotatable bonds is 8. The van der Waals surface area contributed by atoms with Crippen LogP contribution in [0.5, 0.6) is 0 Å². The number of hydrogen-bond donors (Lipinski definition) is 1. The number of esters is 1. The van der Waals surface area contributed by atoms with Gasteiger partial charge in [-0.2, -0.15) is 0 Å². The number of aryl methyl sites for hydroxylation is 1. The minimum Gasteiger partial charge on any atom is -0.462 e. The van der Waals surface area contributed by atoms with Gasteiger partial charge in [0.2, 0.25) is 5.91 Å². The third-order valence-corrected chi connectivity index (χ3v) is 6.40. The third kappa shape index (κ3) is 5.41. The van der Waals surface area contributed by atoms with Gasteiger partial charge in [0, 0.05) is 10.6 Å². The largest absolute Gasteiger partial charge is 0.462 e. The van der Waals surface area contributed by atoms with E-state index in [4.69, 9.17) is 4.74 Å². The number of anilines is 2. The van der Waals surface area contributed by atoms with Gasteiger partial charge in [-0.25, -0.2) is 14.5 Å². The Balaban J connectivity index is 1.52. The molecule has 0 spiro atoms. The number of imide groups is 1. The Morgan fingerprint density at radius 1 is 1.06 bits per heavy atom. The SMILES string of the molecule is CCOC(=O)c1ccc(NC(=O)C[C@H]2C(=O)N(c3cccc(C)c3)C(=O)N2Cc2cccs2)cc1. The maximum atomic E-state index is 13.4. The van der Waals surface area contributed by atoms with Gasteiger partial charge in [0.1, 0.15) is 6.04 Å². The number of ether oxygens (including phenoxy) is 1. The molecule has 1 aliphatic heterocycles. The van der Waals surface area contributed by atoms with Crippen LogP contribution in [0.2, 0.25) is 0 Å². The zero-order valence-corrected chi connectivity index (χ0v) is 20.2. The summed E-state index contributed by atoms with van der Waals surface area (Å²) in [5.74, 6) is -1.30. The van der Waals surface area contributed by atoms with Crippen LogP contribution in [0.25, 0.3) is 0 Å². The second-order valence-electron chi connectivity index (χ2n) is 8.07. The lowest BCUT2D eigenvalue weighted by molar-refractivity contribution is -0.124. The van der Waals surface area contributed by atoms with Crippen molar-refractivity contribution in [1.29, 1.82) is 0 Å². The van der Waals surface area contributed by atoms with Crippen molar-refractivity contribution < 1.29 is 23.9 Å². The summed E-state index contributed by atoms with van der Waals surface area (Å²) in [5, 5.41) is 4.65. The number of nitrogens with zero attached hydrogens (tertiary/aromatic N) is 2. The van der Waals surface area contributed by atoms with Crippen LogP contribution >= 0.6 is 11.3 Å². The molecule has 1 aliphatic rings. The van der Waals surface area contributed by atoms with Crippen LogP contribution in [0.4, 0.5) is 16.2 Å². The summed E-state index contributed by atoms with van der Waals surface area (Å²) in [4.78, 5) is 54.9. The fourth-order valence-corrected chi connectivity index (χ4v) is 4.58. The topological polar surface area (TPSA) is 96.0 Å². The van der Waals surface area contributed by atoms with Crippen LogP contribution in [0, 0.1) is 6.92 Å². The van der Waals surface area contributed by atoms with E-state index >= 15 is 0 Å². The number of nitrogens with one attached hydrogen (secondary N) is 1. The van der Waals surface area contributed by atoms with Crippen molar-refractivity contribution >= 4 is 46.5 Å². The molecule has 0 bridgehead atoms. The number of amides is 4. The molecular weight excluding hydrogens is 466 g/mol. The summed E-state index contributed by atoms with van der Waals surface area (Å²) < 4.78 is 4.96. The smallest absolute Gasteiger partial charge is 0.338 e. The van der Waals surface area contributed by atoms with Gasteiger partial charge in [-0.1, -0.05) is 18.2 Å². The first kappa shape index (κ1) is 24.2. The molecule has 0 aliphatic carbocycles. The van der Waals surface area contributed by atoms with E-state index in [0.717, 1.165) is 15.3 Å². The summed E-state index contributed by atoms with van der Waals surface area (Å²) in [6, 6.07) is 15.8. The van der Waals surface area contributed by atoms with E-state index in [1.165, 1.54) is 16.2 Å². The Hall–Kier alpha value is -3.98. The average molecular weight is 492 g/mol. The van der Waals surface area contributed by atoms with Gasteiger partial charge in [0.25, 0.3) is 5.91 Å². The Morgan fingerprint density at radius 3 is 2.49 bits per heavy atom. The molecule has 0 unspecified atom stereocenters. The molecule has 1 fully saturated rings. The first-order valence-corrected chi connectivity index (χ1v) is 12.1. The van der Waals surface area contributed by atoms with Crippen LogP contribution in [-0.2, 0) is 20.9 Å². The van der Waals surface area contributed by atoms with Crippen molar-refractivity contribution in [2.45, 2.75) is 32.9 Å². The monoisotopic (exact) mass is 491 g/mol. The molecular formula is C26H25N3O5S.